The number of hydrogen-bond acceptors (Lipinski definition) is 3. The smallest absolute Gasteiger partial charge is 0.249 e. The highest BCUT2D eigenvalue weighted by Crippen LogP contribution is 1.82. The maximum absolute atomic E-state index is 10.6. The first-order chi connectivity index (χ1) is 4.70. The van der Waals surface area contributed by atoms with E-state index in [0.717, 1.165) is 6.08 Å². The number of carbonyl (C=O) groups excluding carboxylic acids is 2. The number of nitrogens with one attached hydrogen (secondary N) is 1. The van der Waals surface area contributed by atoms with Gasteiger partial charge in [-0.3, -0.25) is 14.9 Å². The van der Waals surface area contributed by atoms with Crippen LogP contribution >= 0.6 is 12.6 Å². The van der Waals surface area contributed by atoms with E-state index in [2.05, 4.69) is 24.5 Å². The van der Waals surface area contributed by atoms with Crippen LogP contribution in [0.2, 0.25) is 0 Å². The lowest BCUT2D eigenvalue weighted by molar-refractivity contribution is -0.127. The van der Waals surface area contributed by atoms with Crippen LogP contribution < -0.4 is 5.32 Å². The van der Waals surface area contributed by atoms with Gasteiger partial charge in [-0.25, -0.2) is 0 Å². The van der Waals surface area contributed by atoms with Crippen molar-refractivity contribution < 1.29 is 9.59 Å². The molecule has 0 bridgehead atoms. The second-order valence-electron chi connectivity index (χ2n) is 1.59. The van der Waals surface area contributed by atoms with Gasteiger partial charge in [-0.1, -0.05) is 6.58 Å². The van der Waals surface area contributed by atoms with Gasteiger partial charge in [-0.15, -0.1) is 0 Å². The molecule has 0 atom stereocenters. The van der Waals surface area contributed by atoms with Crippen LogP contribution in [-0.4, -0.2) is 17.6 Å². The summed E-state index contributed by atoms with van der Waals surface area (Å²) >= 11 is 3.81. The van der Waals surface area contributed by atoms with Crippen LogP contribution in [0, 0.1) is 0 Å². The van der Waals surface area contributed by atoms with Gasteiger partial charge < -0.3 is 0 Å². The Hall–Kier alpha value is -0.770. The molecule has 3 nitrogen and oxygen atoms in total. The maximum atomic E-state index is 10.6. The van der Waals surface area contributed by atoms with Gasteiger partial charge in [0, 0.05) is 6.42 Å². The zero-order chi connectivity index (χ0) is 7.98. The fourth-order valence-electron chi connectivity index (χ4n) is 0.352. The first kappa shape index (κ1) is 9.23. The molecule has 0 rings (SSSR count). The summed E-state index contributed by atoms with van der Waals surface area (Å²) in [5.74, 6) is -0.345. The summed E-state index contributed by atoms with van der Waals surface area (Å²) < 4.78 is 0. The third-order valence-corrected chi connectivity index (χ3v) is 1.01. The molecule has 0 unspecified atom stereocenters. The average molecular weight is 159 g/mol. The number of amides is 2. The van der Waals surface area contributed by atoms with E-state index >= 15 is 0 Å². The highest BCUT2D eigenvalue weighted by Gasteiger charge is 2.01. The van der Waals surface area contributed by atoms with E-state index in [1.54, 1.807) is 0 Å². The molecule has 2 amide bonds. The van der Waals surface area contributed by atoms with E-state index in [-0.39, 0.29) is 12.3 Å². The SMILES string of the molecule is C=CC(=O)NC(=O)CCS. The summed E-state index contributed by atoms with van der Waals surface area (Å²) in [6, 6.07) is 0. The van der Waals surface area contributed by atoms with Crippen molar-refractivity contribution in [2.45, 2.75) is 6.42 Å². The summed E-state index contributed by atoms with van der Waals surface area (Å²) in [7, 11) is 0. The molecule has 0 aromatic heterocycles. The first-order valence-electron chi connectivity index (χ1n) is 2.77. The van der Waals surface area contributed by atoms with E-state index in [1.165, 1.54) is 0 Å². The van der Waals surface area contributed by atoms with Crippen LogP contribution in [0.3, 0.4) is 0 Å². The van der Waals surface area contributed by atoms with Gasteiger partial charge in [0.05, 0.1) is 0 Å². The van der Waals surface area contributed by atoms with E-state index < -0.39 is 5.91 Å². The second-order valence-corrected chi connectivity index (χ2v) is 2.04. The summed E-state index contributed by atoms with van der Waals surface area (Å²) in [4.78, 5) is 21.0. The zero-order valence-electron chi connectivity index (χ0n) is 5.46. The average Bonchev–Trinajstić information content (AvgIpc) is 1.88. The highest BCUT2D eigenvalue weighted by atomic mass is 32.1. The van der Waals surface area contributed by atoms with Crippen molar-refractivity contribution in [3.05, 3.63) is 12.7 Å². The lowest BCUT2D eigenvalue weighted by atomic mass is 10.4. The van der Waals surface area contributed by atoms with E-state index in [4.69, 9.17) is 0 Å². The standard InChI is InChI=1S/C6H9NO2S/c1-2-5(8)7-6(9)3-4-10/h2,10H,1,3-4H2,(H,7,8,9). The number of imide groups is 1. The Balaban J connectivity index is 3.57. The molecule has 0 heterocycles. The number of hydrogen-bond donors (Lipinski definition) is 2. The summed E-state index contributed by atoms with van der Waals surface area (Å²) in [5.41, 5.74) is 0. The maximum Gasteiger partial charge on any atom is 0.249 e. The van der Waals surface area contributed by atoms with E-state index in [1.807, 2.05) is 0 Å². The predicted molar refractivity (Wildman–Crippen MR) is 41.8 cm³/mol. The minimum absolute atomic E-state index is 0.253. The summed E-state index contributed by atoms with van der Waals surface area (Å²) in [6.07, 6.45) is 1.30. The van der Waals surface area contributed by atoms with Gasteiger partial charge in [-0.2, -0.15) is 12.6 Å². The number of carbonyl (C=O) groups is 2. The van der Waals surface area contributed by atoms with Gasteiger partial charge in [-0.05, 0) is 11.8 Å². The van der Waals surface area contributed by atoms with Crippen LogP contribution in [0.4, 0.5) is 0 Å². The van der Waals surface area contributed by atoms with Crippen molar-refractivity contribution in [1.29, 1.82) is 0 Å². The molecular weight excluding hydrogens is 150 g/mol. The largest absolute Gasteiger partial charge is 0.293 e. The zero-order valence-corrected chi connectivity index (χ0v) is 6.36. The highest BCUT2D eigenvalue weighted by molar-refractivity contribution is 7.80. The fraction of sp³-hybridized carbons (Fsp3) is 0.333. The molecule has 0 aromatic rings. The molecule has 4 heteroatoms. The first-order valence-corrected chi connectivity index (χ1v) is 3.41. The van der Waals surface area contributed by atoms with Gasteiger partial charge in [0.1, 0.15) is 0 Å². The van der Waals surface area contributed by atoms with Gasteiger partial charge >= 0.3 is 0 Å². The third kappa shape index (κ3) is 4.14. The third-order valence-electron chi connectivity index (χ3n) is 0.787. The molecule has 0 aromatic carbocycles. The van der Waals surface area contributed by atoms with Crippen molar-refractivity contribution in [2.75, 3.05) is 5.75 Å². The van der Waals surface area contributed by atoms with Crippen LogP contribution in [0.5, 0.6) is 0 Å². The number of rotatable bonds is 3. The van der Waals surface area contributed by atoms with Gasteiger partial charge in [0.25, 0.3) is 0 Å². The Morgan fingerprint density at radius 2 is 2.20 bits per heavy atom. The lowest BCUT2D eigenvalue weighted by Crippen LogP contribution is -2.28. The van der Waals surface area contributed by atoms with Crippen molar-refractivity contribution in [2.24, 2.45) is 0 Å². The number of thiol groups is 1. The Kier molecular flexibility index (Phi) is 4.66. The van der Waals surface area contributed by atoms with Crippen molar-refractivity contribution in [3.8, 4) is 0 Å². The van der Waals surface area contributed by atoms with Crippen molar-refractivity contribution in [1.82, 2.24) is 5.32 Å². The monoisotopic (exact) mass is 159 g/mol. The molecule has 1 N–H and O–H groups in total. The van der Waals surface area contributed by atoms with Crippen LogP contribution in [0.25, 0.3) is 0 Å². The van der Waals surface area contributed by atoms with Crippen LogP contribution in [0.15, 0.2) is 12.7 Å². The summed E-state index contributed by atoms with van der Waals surface area (Å²) in [6.45, 7) is 3.19. The Labute approximate surface area is 64.9 Å². The molecular formula is C6H9NO2S. The fourth-order valence-corrected chi connectivity index (χ4v) is 0.556. The molecule has 0 radical (unpaired) electrons. The van der Waals surface area contributed by atoms with Crippen LogP contribution in [-0.2, 0) is 9.59 Å². The van der Waals surface area contributed by atoms with Gasteiger partial charge in [0.2, 0.25) is 11.8 Å². The Morgan fingerprint density at radius 1 is 1.60 bits per heavy atom. The molecule has 0 saturated carbocycles. The van der Waals surface area contributed by atoms with E-state index in [0.29, 0.717) is 5.75 Å². The second kappa shape index (κ2) is 5.05. The van der Waals surface area contributed by atoms with Crippen molar-refractivity contribution in [3.63, 3.8) is 0 Å². The molecule has 0 spiro atoms. The van der Waals surface area contributed by atoms with Crippen molar-refractivity contribution >= 4 is 24.4 Å². The molecule has 0 aliphatic heterocycles. The van der Waals surface area contributed by atoms with Crippen LogP contribution in [0.1, 0.15) is 6.42 Å². The van der Waals surface area contributed by atoms with E-state index in [9.17, 15) is 9.59 Å². The minimum Gasteiger partial charge on any atom is -0.293 e. The molecule has 56 valence electrons. The Bertz CT molecular complexity index is 156. The topological polar surface area (TPSA) is 46.2 Å². The summed E-state index contributed by atoms with van der Waals surface area (Å²) in [5, 5.41) is 2.09. The molecule has 0 saturated heterocycles. The predicted octanol–water partition coefficient (Wildman–Crippen LogP) is 0.135. The molecule has 0 fully saturated rings. The minimum atomic E-state index is -0.466. The van der Waals surface area contributed by atoms with Gasteiger partial charge in [0.15, 0.2) is 0 Å². The quantitative estimate of drug-likeness (QED) is 0.454. The normalized spacial score (nSPS) is 8.50. The lowest BCUT2D eigenvalue weighted by Gasteiger charge is -1.96. The molecule has 10 heavy (non-hydrogen) atoms. The molecule has 0 aliphatic carbocycles. The molecule has 0 aliphatic rings. The Morgan fingerprint density at radius 3 is 2.60 bits per heavy atom.